The monoisotopic (exact) mass is 476 g/mol. The first-order valence-corrected chi connectivity index (χ1v) is 11.1. The van der Waals surface area contributed by atoms with E-state index in [1.54, 1.807) is 43.5 Å². The van der Waals surface area contributed by atoms with E-state index in [-0.39, 0.29) is 18.7 Å². The van der Waals surface area contributed by atoms with Gasteiger partial charge in [0.15, 0.2) is 18.1 Å². The largest absolute Gasteiger partial charge is 0.493 e. The Morgan fingerprint density at radius 2 is 1.51 bits per heavy atom. The SMILES string of the molecule is COc1ccccc1Oc1ccc(NC(=O)CCC(=O)OCC(=O)Nc2cc(C)ccc2C)cc1. The molecular weight excluding hydrogens is 448 g/mol. The van der Waals surface area contributed by atoms with Crippen LogP contribution in [-0.2, 0) is 19.1 Å². The number of anilines is 2. The summed E-state index contributed by atoms with van der Waals surface area (Å²) in [4.78, 5) is 36.2. The van der Waals surface area contributed by atoms with Crippen LogP contribution >= 0.6 is 0 Å². The third-order valence-electron chi connectivity index (χ3n) is 5.02. The highest BCUT2D eigenvalue weighted by atomic mass is 16.5. The number of hydrogen-bond acceptors (Lipinski definition) is 6. The Balaban J connectivity index is 1.39. The molecule has 0 atom stereocenters. The Bertz CT molecular complexity index is 1190. The zero-order valence-electron chi connectivity index (χ0n) is 19.9. The van der Waals surface area contributed by atoms with Crippen molar-refractivity contribution in [1.29, 1.82) is 0 Å². The molecule has 0 fully saturated rings. The number of amides is 2. The van der Waals surface area contributed by atoms with Gasteiger partial charge in [-0.1, -0.05) is 24.3 Å². The minimum Gasteiger partial charge on any atom is -0.493 e. The highest BCUT2D eigenvalue weighted by molar-refractivity contribution is 5.95. The van der Waals surface area contributed by atoms with Gasteiger partial charge in [-0.05, 0) is 67.4 Å². The molecule has 0 aliphatic rings. The van der Waals surface area contributed by atoms with Crippen molar-refractivity contribution < 1.29 is 28.6 Å². The predicted octanol–water partition coefficient (Wildman–Crippen LogP) is 5.00. The minimum absolute atomic E-state index is 0.0725. The highest BCUT2D eigenvalue weighted by Crippen LogP contribution is 2.31. The molecule has 0 saturated heterocycles. The summed E-state index contributed by atoms with van der Waals surface area (Å²) in [7, 11) is 1.57. The molecule has 3 aromatic rings. The van der Waals surface area contributed by atoms with Crippen LogP contribution in [0.3, 0.4) is 0 Å². The summed E-state index contributed by atoms with van der Waals surface area (Å²) < 4.78 is 16.0. The van der Waals surface area contributed by atoms with Crippen LogP contribution < -0.4 is 20.1 Å². The van der Waals surface area contributed by atoms with Crippen LogP contribution in [0.1, 0.15) is 24.0 Å². The maximum Gasteiger partial charge on any atom is 0.306 e. The van der Waals surface area contributed by atoms with Crippen molar-refractivity contribution in [2.75, 3.05) is 24.4 Å². The van der Waals surface area contributed by atoms with Gasteiger partial charge in [0.2, 0.25) is 5.91 Å². The summed E-state index contributed by atoms with van der Waals surface area (Å²) in [6.45, 7) is 3.38. The molecule has 2 N–H and O–H groups in total. The van der Waals surface area contributed by atoms with Gasteiger partial charge < -0.3 is 24.8 Å². The quantitative estimate of drug-likeness (QED) is 0.399. The molecule has 0 aliphatic heterocycles. The van der Waals surface area contributed by atoms with Crippen molar-refractivity contribution in [2.45, 2.75) is 26.7 Å². The normalized spacial score (nSPS) is 10.3. The van der Waals surface area contributed by atoms with E-state index in [0.29, 0.717) is 28.6 Å². The molecule has 3 rings (SSSR count). The highest BCUT2D eigenvalue weighted by Gasteiger charge is 2.12. The third-order valence-corrected chi connectivity index (χ3v) is 5.02. The Kier molecular flexibility index (Phi) is 8.83. The zero-order chi connectivity index (χ0) is 25.2. The zero-order valence-corrected chi connectivity index (χ0v) is 19.9. The third kappa shape index (κ3) is 7.89. The maximum atomic E-state index is 12.2. The van der Waals surface area contributed by atoms with E-state index < -0.39 is 18.5 Å². The molecular formula is C27H28N2O6. The fraction of sp³-hybridized carbons (Fsp3) is 0.222. The fourth-order valence-corrected chi connectivity index (χ4v) is 3.15. The second-order valence-corrected chi connectivity index (χ2v) is 7.85. The van der Waals surface area contributed by atoms with E-state index in [1.165, 1.54) is 0 Å². The molecule has 0 bridgehead atoms. The number of nitrogens with one attached hydrogen (secondary N) is 2. The molecule has 0 spiro atoms. The lowest BCUT2D eigenvalue weighted by Crippen LogP contribution is -2.22. The molecule has 0 unspecified atom stereocenters. The summed E-state index contributed by atoms with van der Waals surface area (Å²) in [5.41, 5.74) is 3.15. The number of aryl methyl sites for hydroxylation is 2. The van der Waals surface area contributed by atoms with E-state index in [9.17, 15) is 14.4 Å². The van der Waals surface area contributed by atoms with Crippen LogP contribution in [0.5, 0.6) is 17.2 Å². The van der Waals surface area contributed by atoms with Crippen LogP contribution in [0.2, 0.25) is 0 Å². The number of hydrogen-bond donors (Lipinski definition) is 2. The van der Waals surface area contributed by atoms with E-state index in [4.69, 9.17) is 14.2 Å². The number of carbonyl (C=O) groups excluding carboxylic acids is 3. The molecule has 182 valence electrons. The summed E-state index contributed by atoms with van der Waals surface area (Å²) in [6.07, 6.45) is -0.214. The Morgan fingerprint density at radius 3 is 2.23 bits per heavy atom. The number of carbonyl (C=O) groups is 3. The Labute approximate surface area is 204 Å². The van der Waals surface area contributed by atoms with Crippen LogP contribution in [0.15, 0.2) is 66.7 Å². The number of esters is 1. The Hall–Kier alpha value is -4.33. The summed E-state index contributed by atoms with van der Waals surface area (Å²) in [5.74, 6) is 0.353. The lowest BCUT2D eigenvalue weighted by Gasteiger charge is -2.11. The van der Waals surface area contributed by atoms with Crippen molar-refractivity contribution >= 4 is 29.2 Å². The van der Waals surface area contributed by atoms with Crippen molar-refractivity contribution in [2.24, 2.45) is 0 Å². The maximum absolute atomic E-state index is 12.2. The number of ether oxygens (including phenoxy) is 3. The standard InChI is InChI=1S/C27H28N2O6/c1-18-8-9-19(2)22(16-18)29-26(31)17-34-27(32)15-14-25(30)28-20-10-12-21(13-11-20)35-24-7-5-4-6-23(24)33-3/h4-13,16H,14-15,17H2,1-3H3,(H,28,30)(H,29,31). The number of benzene rings is 3. The fourth-order valence-electron chi connectivity index (χ4n) is 3.15. The van der Waals surface area contributed by atoms with Crippen LogP contribution in [0.4, 0.5) is 11.4 Å². The summed E-state index contributed by atoms with van der Waals surface area (Å²) in [5, 5.41) is 5.43. The number of rotatable bonds is 10. The first kappa shape index (κ1) is 25.3. The second kappa shape index (κ2) is 12.2. The van der Waals surface area contributed by atoms with Crippen molar-refractivity contribution in [3.8, 4) is 17.2 Å². The van der Waals surface area contributed by atoms with Gasteiger partial charge in [-0.25, -0.2) is 0 Å². The second-order valence-electron chi connectivity index (χ2n) is 7.85. The topological polar surface area (TPSA) is 103 Å². The van der Waals surface area contributed by atoms with Gasteiger partial charge in [-0.2, -0.15) is 0 Å². The van der Waals surface area contributed by atoms with Crippen LogP contribution in [0.25, 0.3) is 0 Å². The van der Waals surface area contributed by atoms with E-state index in [0.717, 1.165) is 11.1 Å². The first-order chi connectivity index (χ1) is 16.8. The van der Waals surface area contributed by atoms with Gasteiger partial charge in [0.25, 0.3) is 5.91 Å². The number of methoxy groups -OCH3 is 1. The van der Waals surface area contributed by atoms with Gasteiger partial charge in [0.1, 0.15) is 5.75 Å². The average Bonchev–Trinajstić information content (AvgIpc) is 2.85. The van der Waals surface area contributed by atoms with Crippen LogP contribution in [0, 0.1) is 13.8 Å². The van der Waals surface area contributed by atoms with Crippen molar-refractivity contribution in [1.82, 2.24) is 0 Å². The van der Waals surface area contributed by atoms with Gasteiger partial charge in [-0.3, -0.25) is 14.4 Å². The molecule has 8 heteroatoms. The Morgan fingerprint density at radius 1 is 0.800 bits per heavy atom. The molecule has 35 heavy (non-hydrogen) atoms. The van der Waals surface area contributed by atoms with Crippen molar-refractivity contribution in [3.63, 3.8) is 0 Å². The lowest BCUT2D eigenvalue weighted by molar-refractivity contribution is -0.147. The molecule has 8 nitrogen and oxygen atoms in total. The van der Waals surface area contributed by atoms with E-state index in [2.05, 4.69) is 10.6 Å². The molecule has 0 saturated carbocycles. The summed E-state index contributed by atoms with van der Waals surface area (Å²) >= 11 is 0. The van der Waals surface area contributed by atoms with E-state index >= 15 is 0 Å². The predicted molar refractivity (Wildman–Crippen MR) is 133 cm³/mol. The van der Waals surface area contributed by atoms with Gasteiger partial charge in [0, 0.05) is 17.8 Å². The van der Waals surface area contributed by atoms with Crippen molar-refractivity contribution in [3.05, 3.63) is 77.9 Å². The molecule has 2 amide bonds. The van der Waals surface area contributed by atoms with Crippen LogP contribution in [-0.4, -0.2) is 31.5 Å². The summed E-state index contributed by atoms with van der Waals surface area (Å²) in [6, 6.07) is 19.8. The molecule has 0 aromatic heterocycles. The number of para-hydroxylation sites is 2. The van der Waals surface area contributed by atoms with E-state index in [1.807, 2.05) is 44.2 Å². The van der Waals surface area contributed by atoms with Gasteiger partial charge in [0.05, 0.1) is 13.5 Å². The smallest absolute Gasteiger partial charge is 0.306 e. The molecule has 0 radical (unpaired) electrons. The minimum atomic E-state index is -0.628. The molecule has 0 heterocycles. The lowest BCUT2D eigenvalue weighted by atomic mass is 10.1. The first-order valence-electron chi connectivity index (χ1n) is 11.1. The van der Waals surface area contributed by atoms with Gasteiger partial charge in [-0.15, -0.1) is 0 Å². The molecule has 3 aromatic carbocycles. The molecule has 0 aliphatic carbocycles. The van der Waals surface area contributed by atoms with Gasteiger partial charge >= 0.3 is 5.97 Å². The average molecular weight is 477 g/mol.